The van der Waals surface area contributed by atoms with Crippen LogP contribution in [-0.4, -0.2) is 52.0 Å². The number of carboxylic acids is 2. The van der Waals surface area contributed by atoms with Gasteiger partial charge in [-0.15, -0.1) is 0 Å². The molecule has 0 fully saturated rings. The van der Waals surface area contributed by atoms with Gasteiger partial charge in [-0.05, 0) is 80.5 Å². The lowest BCUT2D eigenvalue weighted by atomic mass is 9.90. The Morgan fingerprint density at radius 3 is 2.49 bits per heavy atom. The van der Waals surface area contributed by atoms with Crippen LogP contribution in [0.5, 0.6) is 5.75 Å². The molecule has 11 heteroatoms. The fourth-order valence-electron chi connectivity index (χ4n) is 4.41. The van der Waals surface area contributed by atoms with Crippen LogP contribution < -0.4 is 21.4 Å². The lowest BCUT2D eigenvalue weighted by Crippen LogP contribution is -2.34. The van der Waals surface area contributed by atoms with E-state index in [9.17, 15) is 24.6 Å². The molecule has 202 valence electrons. The third-order valence-electron chi connectivity index (χ3n) is 6.31. The van der Waals surface area contributed by atoms with E-state index in [1.165, 1.54) is 30.3 Å². The van der Waals surface area contributed by atoms with Crippen LogP contribution in [0.25, 0.3) is 33.4 Å². The van der Waals surface area contributed by atoms with E-state index in [1.807, 2.05) is 0 Å². The number of anilines is 1. The molecule has 0 radical (unpaired) electrons. The molecule has 2 aromatic rings. The number of aromatic hydroxyl groups is 1. The molecule has 1 unspecified atom stereocenters. The number of fused-ring (bicyclic) bond motifs is 2. The first-order chi connectivity index (χ1) is 18.7. The first-order valence-corrected chi connectivity index (χ1v) is 12.6. The quantitative estimate of drug-likeness (QED) is 0.0960. The number of hydrogen-bond acceptors (Lipinski definition) is 7. The standard InChI is InChI=1S/C28H27N3O7S/c1-29-22(27(36)37)4-2-3-11-30-28(39)31-15-5-8-18(21(12-15)26(34)35)25-19-9-6-16(32)13-23(19)38-24-14-17(33)7-10-20(24)25/h5-10,12-14,22,29,32H,2-4,11H2,1H3,(H,34,35)(H,36,37)(H2,30,31,39). The smallest absolute Gasteiger partial charge is 0.336 e. The maximum atomic E-state index is 12.3. The van der Waals surface area contributed by atoms with Gasteiger partial charge in [0.2, 0.25) is 0 Å². The first-order valence-electron chi connectivity index (χ1n) is 12.2. The predicted octanol–water partition coefficient (Wildman–Crippen LogP) is 4.10. The zero-order valence-corrected chi connectivity index (χ0v) is 21.8. The van der Waals surface area contributed by atoms with Gasteiger partial charge in [-0.25, -0.2) is 4.79 Å². The Balaban J connectivity index is 1.58. The topological polar surface area (TPSA) is 161 Å². The van der Waals surface area contributed by atoms with E-state index in [0.29, 0.717) is 64.3 Å². The van der Waals surface area contributed by atoms with Crippen molar-refractivity contribution in [1.29, 1.82) is 0 Å². The number of rotatable bonds is 10. The van der Waals surface area contributed by atoms with Gasteiger partial charge >= 0.3 is 11.9 Å². The largest absolute Gasteiger partial charge is 0.508 e. The SMILES string of the molecule is CNC(CCCCNC(=S)Nc1ccc(-c2c3ccc(=O)cc-3oc3cc(O)ccc23)c(C(=O)O)c1)C(=O)O. The maximum absolute atomic E-state index is 12.3. The Kier molecular flexibility index (Phi) is 8.43. The molecule has 39 heavy (non-hydrogen) atoms. The van der Waals surface area contributed by atoms with Gasteiger partial charge in [-0.2, -0.15) is 0 Å². The van der Waals surface area contributed by atoms with Gasteiger partial charge in [0.15, 0.2) is 10.5 Å². The van der Waals surface area contributed by atoms with E-state index in [4.69, 9.17) is 21.7 Å². The Morgan fingerprint density at radius 1 is 1.00 bits per heavy atom. The highest BCUT2D eigenvalue weighted by molar-refractivity contribution is 7.80. The van der Waals surface area contributed by atoms with Crippen LogP contribution in [0.15, 0.2) is 63.8 Å². The van der Waals surface area contributed by atoms with Crippen LogP contribution in [0.4, 0.5) is 5.69 Å². The summed E-state index contributed by atoms with van der Waals surface area (Å²) in [5.41, 5.74) is 2.01. The molecule has 0 bridgehead atoms. The fourth-order valence-corrected chi connectivity index (χ4v) is 4.63. The van der Waals surface area contributed by atoms with Gasteiger partial charge in [-0.3, -0.25) is 9.59 Å². The Morgan fingerprint density at radius 2 is 1.77 bits per heavy atom. The van der Waals surface area contributed by atoms with Crippen molar-refractivity contribution in [2.45, 2.75) is 25.3 Å². The normalized spacial score (nSPS) is 11.8. The van der Waals surface area contributed by atoms with Gasteiger partial charge in [0, 0.05) is 40.9 Å². The van der Waals surface area contributed by atoms with Crippen LogP contribution in [-0.2, 0) is 4.79 Å². The summed E-state index contributed by atoms with van der Waals surface area (Å²) in [7, 11) is 1.61. The summed E-state index contributed by atoms with van der Waals surface area (Å²) >= 11 is 5.35. The average Bonchev–Trinajstić information content (AvgIpc) is 2.89. The number of phenols is 1. The molecule has 1 atom stereocenters. The second-order valence-corrected chi connectivity index (χ2v) is 9.35. The zero-order valence-electron chi connectivity index (χ0n) is 21.0. The zero-order chi connectivity index (χ0) is 28.1. The molecule has 0 aromatic heterocycles. The number of aromatic carboxylic acids is 1. The third-order valence-corrected chi connectivity index (χ3v) is 6.55. The summed E-state index contributed by atoms with van der Waals surface area (Å²) in [6, 6.07) is 13.1. The molecule has 10 nitrogen and oxygen atoms in total. The van der Waals surface area contributed by atoms with Crippen LogP contribution in [0.3, 0.4) is 0 Å². The van der Waals surface area contributed by atoms with Gasteiger partial charge in [-0.1, -0.05) is 6.07 Å². The average molecular weight is 550 g/mol. The highest BCUT2D eigenvalue weighted by Gasteiger charge is 2.22. The van der Waals surface area contributed by atoms with Crippen LogP contribution in [0, 0.1) is 0 Å². The maximum Gasteiger partial charge on any atom is 0.336 e. The highest BCUT2D eigenvalue weighted by atomic mass is 32.1. The summed E-state index contributed by atoms with van der Waals surface area (Å²) in [4.78, 5) is 35.4. The number of thiocarbonyl (C=S) groups is 1. The van der Waals surface area contributed by atoms with Gasteiger partial charge < -0.3 is 35.7 Å². The second-order valence-electron chi connectivity index (χ2n) is 8.94. The highest BCUT2D eigenvalue weighted by Crippen LogP contribution is 2.42. The molecule has 4 rings (SSSR count). The number of carboxylic acid groups (broad SMARTS) is 2. The second kappa shape index (κ2) is 11.9. The molecule has 1 heterocycles. The minimum Gasteiger partial charge on any atom is -0.508 e. The Hall–Kier alpha value is -4.48. The third kappa shape index (κ3) is 6.33. The molecular weight excluding hydrogens is 522 g/mol. The lowest BCUT2D eigenvalue weighted by molar-refractivity contribution is -0.139. The van der Waals surface area contributed by atoms with E-state index >= 15 is 0 Å². The number of phenolic OH excluding ortho intramolecular Hbond substituents is 1. The number of benzene rings is 3. The van der Waals surface area contributed by atoms with E-state index in [2.05, 4.69) is 16.0 Å². The molecular formula is C28H27N3O7S. The number of nitrogens with one attached hydrogen (secondary N) is 3. The first kappa shape index (κ1) is 27.6. The summed E-state index contributed by atoms with van der Waals surface area (Å²) in [5.74, 6) is -1.81. The minimum atomic E-state index is -1.16. The van der Waals surface area contributed by atoms with Crippen molar-refractivity contribution in [2.24, 2.45) is 0 Å². The Labute approximate surface area is 228 Å². The number of hydrogen-bond donors (Lipinski definition) is 6. The molecule has 2 aliphatic rings. The molecule has 2 aromatic carbocycles. The molecule has 0 spiro atoms. The molecule has 6 N–H and O–H groups in total. The van der Waals surface area contributed by atoms with Crippen LogP contribution in [0.2, 0.25) is 0 Å². The molecule has 1 aliphatic carbocycles. The van der Waals surface area contributed by atoms with Gasteiger partial charge in [0.1, 0.15) is 23.1 Å². The van der Waals surface area contributed by atoms with Crippen molar-refractivity contribution < 1.29 is 29.3 Å². The molecule has 0 saturated carbocycles. The molecule has 0 amide bonds. The number of unbranched alkanes of at least 4 members (excludes halogenated alkanes) is 1. The van der Waals surface area contributed by atoms with Crippen molar-refractivity contribution in [3.63, 3.8) is 0 Å². The van der Waals surface area contributed by atoms with Crippen molar-refractivity contribution in [3.05, 3.63) is 70.4 Å². The van der Waals surface area contributed by atoms with E-state index in [-0.39, 0.29) is 22.5 Å². The Bertz CT molecular complexity index is 1580. The molecule has 0 saturated heterocycles. The van der Waals surface area contributed by atoms with Crippen molar-refractivity contribution in [2.75, 3.05) is 18.9 Å². The van der Waals surface area contributed by atoms with Crippen LogP contribution >= 0.6 is 12.2 Å². The number of likely N-dealkylation sites (N-methyl/N-ethyl adjacent to an activating group) is 1. The summed E-state index contributed by atoms with van der Waals surface area (Å²) in [6.07, 6.45) is 1.87. The van der Waals surface area contributed by atoms with Gasteiger partial charge in [0.25, 0.3) is 0 Å². The minimum absolute atomic E-state index is 0.00246. The van der Waals surface area contributed by atoms with Crippen molar-refractivity contribution in [1.82, 2.24) is 10.6 Å². The predicted molar refractivity (Wildman–Crippen MR) is 152 cm³/mol. The van der Waals surface area contributed by atoms with Crippen LogP contribution in [0.1, 0.15) is 29.6 Å². The summed E-state index contributed by atoms with van der Waals surface area (Å²) in [6.45, 7) is 0.520. The van der Waals surface area contributed by atoms with E-state index in [1.54, 1.807) is 31.3 Å². The number of carbonyl (C=O) groups is 2. The summed E-state index contributed by atoms with van der Waals surface area (Å²) < 4.78 is 5.85. The van der Waals surface area contributed by atoms with Crippen molar-refractivity contribution >= 4 is 45.9 Å². The fraction of sp³-hybridized carbons (Fsp3) is 0.214. The van der Waals surface area contributed by atoms with E-state index < -0.39 is 18.0 Å². The summed E-state index contributed by atoms with van der Waals surface area (Å²) in [5, 5.41) is 38.8. The monoisotopic (exact) mass is 549 g/mol. The number of aliphatic carboxylic acids is 1. The molecule has 1 aliphatic heterocycles. The van der Waals surface area contributed by atoms with Crippen molar-refractivity contribution in [3.8, 4) is 28.2 Å². The lowest BCUT2D eigenvalue weighted by Gasteiger charge is -2.18. The van der Waals surface area contributed by atoms with Gasteiger partial charge in [0.05, 0.1) is 5.56 Å². The van der Waals surface area contributed by atoms with E-state index in [0.717, 1.165) is 0 Å².